The maximum absolute atomic E-state index is 5.84. The minimum absolute atomic E-state index is 0.698. The molecule has 1 aliphatic heterocycles. The molecule has 0 spiro atoms. The molecule has 2 aromatic heterocycles. The Kier molecular flexibility index (Phi) is 5.81. The fraction of sp³-hybridized carbons (Fsp3) is 0.316. The molecule has 7 heteroatoms. The molecular formula is C19H21N3O2S2. The van der Waals surface area contributed by atoms with Gasteiger partial charge in [0.15, 0.2) is 5.13 Å². The second-order valence-electron chi connectivity index (χ2n) is 5.99. The first-order valence-corrected chi connectivity index (χ1v) is 10.4. The largest absolute Gasteiger partial charge is 0.492 e. The molecule has 136 valence electrons. The van der Waals surface area contributed by atoms with Crippen LogP contribution in [0, 0.1) is 0 Å². The number of thiazole rings is 1. The molecule has 0 unspecified atom stereocenters. The van der Waals surface area contributed by atoms with Crippen molar-refractivity contribution in [2.24, 2.45) is 0 Å². The molecule has 4 rings (SSSR count). The summed E-state index contributed by atoms with van der Waals surface area (Å²) in [5.41, 5.74) is 2.24. The molecule has 1 aliphatic rings. The highest BCUT2D eigenvalue weighted by atomic mass is 32.1. The van der Waals surface area contributed by atoms with E-state index in [2.05, 4.69) is 32.0 Å². The number of benzene rings is 1. The summed E-state index contributed by atoms with van der Waals surface area (Å²) >= 11 is 3.36. The molecule has 1 fully saturated rings. The molecule has 26 heavy (non-hydrogen) atoms. The highest BCUT2D eigenvalue weighted by Crippen LogP contribution is 2.32. The van der Waals surface area contributed by atoms with E-state index in [1.165, 1.54) is 10.4 Å². The molecule has 1 aromatic carbocycles. The summed E-state index contributed by atoms with van der Waals surface area (Å²) in [6, 6.07) is 10.2. The zero-order valence-corrected chi connectivity index (χ0v) is 16.0. The normalized spacial score (nSPS) is 15.1. The van der Waals surface area contributed by atoms with Gasteiger partial charge in [-0.05, 0) is 41.1 Å². The van der Waals surface area contributed by atoms with E-state index < -0.39 is 0 Å². The Hall–Kier alpha value is -1.93. The number of anilines is 2. The average molecular weight is 388 g/mol. The summed E-state index contributed by atoms with van der Waals surface area (Å²) in [4.78, 5) is 8.00. The van der Waals surface area contributed by atoms with Crippen LogP contribution in [0.1, 0.15) is 0 Å². The third kappa shape index (κ3) is 4.62. The molecule has 0 amide bonds. The number of rotatable bonds is 7. The summed E-state index contributed by atoms with van der Waals surface area (Å²) in [5, 5.41) is 8.47. The van der Waals surface area contributed by atoms with E-state index >= 15 is 0 Å². The van der Waals surface area contributed by atoms with Crippen LogP contribution in [-0.2, 0) is 4.74 Å². The standard InChI is InChI=1S/C19H21N3O2S2/c1-3-17(24-11-8-22-6-9-23-10-7-22)4-2-16(1)21-19-20-13-18(26-19)15-5-12-25-14-15/h1-5,12-14H,6-11H2,(H,20,21). The van der Waals surface area contributed by atoms with Crippen LogP contribution in [0.25, 0.3) is 10.4 Å². The number of nitrogens with one attached hydrogen (secondary N) is 1. The van der Waals surface area contributed by atoms with Crippen LogP contribution < -0.4 is 10.1 Å². The van der Waals surface area contributed by atoms with Crippen LogP contribution in [0.15, 0.2) is 47.3 Å². The number of thiophene rings is 1. The molecule has 0 saturated carbocycles. The van der Waals surface area contributed by atoms with Gasteiger partial charge in [0.05, 0.1) is 18.1 Å². The maximum atomic E-state index is 5.84. The monoisotopic (exact) mass is 387 g/mol. The van der Waals surface area contributed by atoms with Crippen molar-refractivity contribution in [3.63, 3.8) is 0 Å². The van der Waals surface area contributed by atoms with Gasteiger partial charge in [0.1, 0.15) is 12.4 Å². The molecule has 0 bridgehead atoms. The fourth-order valence-electron chi connectivity index (χ4n) is 2.75. The van der Waals surface area contributed by atoms with Gasteiger partial charge in [0, 0.05) is 37.1 Å². The highest BCUT2D eigenvalue weighted by Gasteiger charge is 2.10. The minimum Gasteiger partial charge on any atom is -0.492 e. The summed E-state index contributed by atoms with van der Waals surface area (Å²) < 4.78 is 11.2. The van der Waals surface area contributed by atoms with Crippen LogP contribution in [0.3, 0.4) is 0 Å². The van der Waals surface area contributed by atoms with Crippen LogP contribution in [-0.4, -0.2) is 49.3 Å². The SMILES string of the molecule is c1cc(-c2cnc(Nc3ccc(OCCN4CCOCC4)cc3)s2)cs1. The van der Waals surface area contributed by atoms with E-state index in [4.69, 9.17) is 9.47 Å². The molecule has 5 nitrogen and oxygen atoms in total. The Bertz CT molecular complexity index is 797. The van der Waals surface area contributed by atoms with Crippen molar-refractivity contribution in [3.05, 3.63) is 47.3 Å². The van der Waals surface area contributed by atoms with Gasteiger partial charge in [-0.3, -0.25) is 4.90 Å². The van der Waals surface area contributed by atoms with Crippen molar-refractivity contribution in [2.75, 3.05) is 44.8 Å². The molecule has 3 aromatic rings. The van der Waals surface area contributed by atoms with Gasteiger partial charge in [-0.15, -0.1) is 0 Å². The molecule has 0 atom stereocenters. The quantitative estimate of drug-likeness (QED) is 0.654. The molecule has 0 aliphatic carbocycles. The van der Waals surface area contributed by atoms with Gasteiger partial charge in [0.25, 0.3) is 0 Å². The first-order valence-electron chi connectivity index (χ1n) is 8.65. The number of hydrogen-bond acceptors (Lipinski definition) is 7. The lowest BCUT2D eigenvalue weighted by atomic mass is 10.3. The second kappa shape index (κ2) is 8.64. The summed E-state index contributed by atoms with van der Waals surface area (Å²) in [6.45, 7) is 5.27. The van der Waals surface area contributed by atoms with Crippen LogP contribution >= 0.6 is 22.7 Å². The molecule has 3 heterocycles. The van der Waals surface area contributed by atoms with E-state index in [0.29, 0.717) is 6.61 Å². The van der Waals surface area contributed by atoms with Gasteiger partial charge in [-0.2, -0.15) is 11.3 Å². The van der Waals surface area contributed by atoms with Gasteiger partial charge >= 0.3 is 0 Å². The van der Waals surface area contributed by atoms with Gasteiger partial charge in [-0.25, -0.2) is 4.98 Å². The number of morpholine rings is 1. The van der Waals surface area contributed by atoms with Crippen LogP contribution in [0.4, 0.5) is 10.8 Å². The molecule has 1 N–H and O–H groups in total. The predicted octanol–water partition coefficient (Wildman–Crippen LogP) is 4.33. The van der Waals surface area contributed by atoms with Crippen molar-refractivity contribution in [3.8, 4) is 16.2 Å². The lowest BCUT2D eigenvalue weighted by Gasteiger charge is -2.26. The topological polar surface area (TPSA) is 46.6 Å². The average Bonchev–Trinajstić information content (AvgIpc) is 3.36. The third-order valence-electron chi connectivity index (χ3n) is 4.20. The van der Waals surface area contributed by atoms with E-state index in [1.807, 2.05) is 30.5 Å². The third-order valence-corrected chi connectivity index (χ3v) is 5.84. The molecule has 1 saturated heterocycles. The lowest BCUT2D eigenvalue weighted by molar-refractivity contribution is 0.0322. The first-order chi connectivity index (χ1) is 12.9. The molecule has 0 radical (unpaired) electrons. The lowest BCUT2D eigenvalue weighted by Crippen LogP contribution is -2.38. The summed E-state index contributed by atoms with van der Waals surface area (Å²) in [6.07, 6.45) is 1.91. The Morgan fingerprint density at radius 2 is 2.00 bits per heavy atom. The number of aromatic nitrogens is 1. The molecular weight excluding hydrogens is 366 g/mol. The van der Waals surface area contributed by atoms with Crippen LogP contribution in [0.5, 0.6) is 5.75 Å². The smallest absolute Gasteiger partial charge is 0.187 e. The van der Waals surface area contributed by atoms with Crippen molar-refractivity contribution in [1.82, 2.24) is 9.88 Å². The zero-order valence-electron chi connectivity index (χ0n) is 14.4. The van der Waals surface area contributed by atoms with E-state index in [1.54, 1.807) is 22.7 Å². The van der Waals surface area contributed by atoms with Crippen molar-refractivity contribution in [1.29, 1.82) is 0 Å². The predicted molar refractivity (Wildman–Crippen MR) is 108 cm³/mol. The highest BCUT2D eigenvalue weighted by molar-refractivity contribution is 7.19. The second-order valence-corrected chi connectivity index (χ2v) is 7.80. The Labute approximate surface area is 161 Å². The number of hydrogen-bond donors (Lipinski definition) is 1. The fourth-order valence-corrected chi connectivity index (χ4v) is 4.31. The summed E-state index contributed by atoms with van der Waals surface area (Å²) in [5.74, 6) is 0.891. The Morgan fingerprint density at radius 1 is 1.15 bits per heavy atom. The van der Waals surface area contributed by atoms with E-state index in [9.17, 15) is 0 Å². The zero-order chi connectivity index (χ0) is 17.6. The van der Waals surface area contributed by atoms with Crippen molar-refractivity contribution >= 4 is 33.5 Å². The first kappa shape index (κ1) is 17.5. The number of nitrogens with zero attached hydrogens (tertiary/aromatic N) is 2. The summed E-state index contributed by atoms with van der Waals surface area (Å²) in [7, 11) is 0. The van der Waals surface area contributed by atoms with Gasteiger partial charge in [0.2, 0.25) is 0 Å². The Balaban J connectivity index is 1.27. The van der Waals surface area contributed by atoms with Crippen molar-refractivity contribution in [2.45, 2.75) is 0 Å². The number of ether oxygens (including phenoxy) is 2. The van der Waals surface area contributed by atoms with E-state index in [-0.39, 0.29) is 0 Å². The van der Waals surface area contributed by atoms with Gasteiger partial charge in [-0.1, -0.05) is 11.3 Å². The van der Waals surface area contributed by atoms with Gasteiger partial charge < -0.3 is 14.8 Å². The van der Waals surface area contributed by atoms with E-state index in [0.717, 1.165) is 49.4 Å². The van der Waals surface area contributed by atoms with Crippen LogP contribution in [0.2, 0.25) is 0 Å². The van der Waals surface area contributed by atoms with Crippen molar-refractivity contribution < 1.29 is 9.47 Å². The Morgan fingerprint density at radius 3 is 2.77 bits per heavy atom. The minimum atomic E-state index is 0.698. The maximum Gasteiger partial charge on any atom is 0.187 e.